The number of benzene rings is 1. The number of carbonyl (C=O) groups is 1. The van der Waals surface area contributed by atoms with Gasteiger partial charge in [-0.1, -0.05) is 12.1 Å². The van der Waals surface area contributed by atoms with Crippen LogP contribution in [0.1, 0.15) is 31.2 Å². The van der Waals surface area contributed by atoms with Crippen molar-refractivity contribution in [3.05, 3.63) is 29.8 Å². The van der Waals surface area contributed by atoms with E-state index in [2.05, 4.69) is 17.4 Å². The number of Topliss-reactive ketones (excluding diaryl/α,β-unsaturated/α-hetero) is 1. The number of hydrogen-bond acceptors (Lipinski definition) is 3. The van der Waals surface area contributed by atoms with Crippen molar-refractivity contribution < 1.29 is 9.53 Å². The second kappa shape index (κ2) is 7.29. The van der Waals surface area contributed by atoms with Crippen LogP contribution in [-0.4, -0.2) is 26.0 Å². The zero-order valence-electron chi connectivity index (χ0n) is 11.7. The Morgan fingerprint density at radius 2 is 2.11 bits per heavy atom. The van der Waals surface area contributed by atoms with Crippen LogP contribution in [0.2, 0.25) is 0 Å². The molecule has 1 saturated carbocycles. The van der Waals surface area contributed by atoms with Gasteiger partial charge >= 0.3 is 0 Å². The van der Waals surface area contributed by atoms with Crippen molar-refractivity contribution in [1.29, 1.82) is 0 Å². The van der Waals surface area contributed by atoms with E-state index >= 15 is 0 Å². The zero-order chi connectivity index (χ0) is 13.5. The summed E-state index contributed by atoms with van der Waals surface area (Å²) in [7, 11) is 1.70. The summed E-state index contributed by atoms with van der Waals surface area (Å²) in [6.45, 7) is 2.02. The molecular weight excluding hydrogens is 238 g/mol. The van der Waals surface area contributed by atoms with Crippen molar-refractivity contribution in [2.24, 2.45) is 5.92 Å². The minimum Gasteiger partial charge on any atom is -0.497 e. The first-order valence-electron chi connectivity index (χ1n) is 7.13. The van der Waals surface area contributed by atoms with Gasteiger partial charge in [0.1, 0.15) is 11.5 Å². The van der Waals surface area contributed by atoms with Crippen LogP contribution in [0, 0.1) is 5.92 Å². The van der Waals surface area contributed by atoms with E-state index < -0.39 is 0 Å². The zero-order valence-corrected chi connectivity index (χ0v) is 11.7. The lowest BCUT2D eigenvalue weighted by Crippen LogP contribution is -2.28. The molecule has 1 N–H and O–H groups in total. The maximum Gasteiger partial charge on any atom is 0.132 e. The Bertz CT molecular complexity index is 407. The van der Waals surface area contributed by atoms with Crippen molar-refractivity contribution in [2.45, 2.75) is 32.1 Å². The lowest BCUT2D eigenvalue weighted by molar-refractivity contribution is -0.120. The fourth-order valence-corrected chi connectivity index (χ4v) is 2.57. The highest BCUT2D eigenvalue weighted by Gasteiger charge is 2.17. The SMILES string of the molecule is COc1cccc(CCNCC2CCC(=O)CC2)c1. The molecule has 1 aliphatic rings. The molecule has 0 heterocycles. The number of hydrogen-bond donors (Lipinski definition) is 1. The van der Waals surface area contributed by atoms with Gasteiger partial charge in [-0.15, -0.1) is 0 Å². The van der Waals surface area contributed by atoms with Gasteiger partial charge in [0.25, 0.3) is 0 Å². The molecule has 104 valence electrons. The summed E-state index contributed by atoms with van der Waals surface area (Å²) >= 11 is 0. The molecule has 0 aromatic heterocycles. The van der Waals surface area contributed by atoms with Gasteiger partial charge in [0.2, 0.25) is 0 Å². The van der Waals surface area contributed by atoms with Crippen LogP contribution < -0.4 is 10.1 Å². The number of ether oxygens (including phenoxy) is 1. The lowest BCUT2D eigenvalue weighted by Gasteiger charge is -2.21. The summed E-state index contributed by atoms with van der Waals surface area (Å²) in [5, 5.41) is 3.50. The van der Waals surface area contributed by atoms with E-state index in [1.54, 1.807) is 7.11 Å². The van der Waals surface area contributed by atoms with Gasteiger partial charge in [-0.3, -0.25) is 4.79 Å². The fraction of sp³-hybridized carbons (Fsp3) is 0.562. The smallest absolute Gasteiger partial charge is 0.132 e. The van der Waals surface area contributed by atoms with Gasteiger partial charge in [-0.2, -0.15) is 0 Å². The Hall–Kier alpha value is -1.35. The molecule has 1 fully saturated rings. The first-order valence-corrected chi connectivity index (χ1v) is 7.13. The van der Waals surface area contributed by atoms with E-state index in [0.29, 0.717) is 11.7 Å². The number of nitrogens with one attached hydrogen (secondary N) is 1. The summed E-state index contributed by atoms with van der Waals surface area (Å²) in [4.78, 5) is 11.2. The van der Waals surface area contributed by atoms with Crippen LogP contribution >= 0.6 is 0 Å². The number of rotatable bonds is 6. The standard InChI is InChI=1S/C16H23NO2/c1-19-16-4-2-3-13(11-16)9-10-17-12-14-5-7-15(18)8-6-14/h2-4,11,14,17H,5-10,12H2,1H3. The molecule has 0 amide bonds. The molecule has 0 aliphatic heterocycles. The molecule has 0 saturated heterocycles. The van der Waals surface area contributed by atoms with Crippen LogP contribution in [0.3, 0.4) is 0 Å². The van der Waals surface area contributed by atoms with Crippen LogP contribution in [0.25, 0.3) is 0 Å². The molecular formula is C16H23NO2. The Morgan fingerprint density at radius 1 is 1.32 bits per heavy atom. The van der Waals surface area contributed by atoms with E-state index in [9.17, 15) is 4.79 Å². The summed E-state index contributed by atoms with van der Waals surface area (Å²) in [5.41, 5.74) is 1.30. The second-order valence-corrected chi connectivity index (χ2v) is 5.29. The topological polar surface area (TPSA) is 38.3 Å². The molecule has 0 unspecified atom stereocenters. The normalized spacial score (nSPS) is 16.6. The summed E-state index contributed by atoms with van der Waals surface area (Å²) in [5.74, 6) is 2.04. The highest BCUT2D eigenvalue weighted by molar-refractivity contribution is 5.79. The van der Waals surface area contributed by atoms with Crippen molar-refractivity contribution in [1.82, 2.24) is 5.32 Å². The van der Waals surface area contributed by atoms with Gasteiger partial charge < -0.3 is 10.1 Å². The molecule has 3 nitrogen and oxygen atoms in total. The van der Waals surface area contributed by atoms with Gasteiger partial charge in [0.05, 0.1) is 7.11 Å². The maximum absolute atomic E-state index is 11.2. The Kier molecular flexibility index (Phi) is 5.40. The van der Waals surface area contributed by atoms with Gasteiger partial charge in [-0.05, 0) is 56.0 Å². The van der Waals surface area contributed by atoms with Gasteiger partial charge in [-0.25, -0.2) is 0 Å². The monoisotopic (exact) mass is 261 g/mol. The largest absolute Gasteiger partial charge is 0.497 e. The van der Waals surface area contributed by atoms with Crippen LogP contribution in [0.4, 0.5) is 0 Å². The molecule has 1 aromatic carbocycles. The predicted octanol–water partition coefficient (Wildman–Crippen LogP) is 2.59. The summed E-state index contributed by atoms with van der Waals surface area (Å²) in [6, 6.07) is 8.21. The third kappa shape index (κ3) is 4.67. The van der Waals surface area contributed by atoms with Crippen LogP contribution in [0.5, 0.6) is 5.75 Å². The number of methoxy groups -OCH3 is 1. The predicted molar refractivity (Wildman–Crippen MR) is 76.5 cm³/mol. The molecule has 0 spiro atoms. The summed E-state index contributed by atoms with van der Waals surface area (Å²) in [6.07, 6.45) is 4.70. The number of ketones is 1. The molecule has 1 aliphatic carbocycles. The lowest BCUT2D eigenvalue weighted by atomic mass is 9.88. The van der Waals surface area contributed by atoms with E-state index in [0.717, 1.165) is 50.9 Å². The highest BCUT2D eigenvalue weighted by Crippen LogP contribution is 2.20. The highest BCUT2D eigenvalue weighted by atomic mass is 16.5. The molecule has 0 atom stereocenters. The molecule has 3 heteroatoms. The van der Waals surface area contributed by atoms with Crippen molar-refractivity contribution >= 4 is 5.78 Å². The molecule has 0 bridgehead atoms. The van der Waals surface area contributed by atoms with E-state index in [-0.39, 0.29) is 0 Å². The van der Waals surface area contributed by atoms with Crippen molar-refractivity contribution in [2.75, 3.05) is 20.2 Å². The Labute approximate surface area is 115 Å². The minimum absolute atomic E-state index is 0.438. The van der Waals surface area contributed by atoms with E-state index in [4.69, 9.17) is 4.74 Å². The number of carbonyl (C=O) groups excluding carboxylic acids is 1. The van der Waals surface area contributed by atoms with E-state index in [1.807, 2.05) is 12.1 Å². The third-order valence-electron chi connectivity index (χ3n) is 3.82. The first kappa shape index (κ1) is 14.1. The molecule has 0 radical (unpaired) electrons. The molecule has 19 heavy (non-hydrogen) atoms. The average molecular weight is 261 g/mol. The quantitative estimate of drug-likeness (QED) is 0.800. The summed E-state index contributed by atoms with van der Waals surface area (Å²) < 4.78 is 5.21. The van der Waals surface area contributed by atoms with Crippen LogP contribution in [-0.2, 0) is 11.2 Å². The van der Waals surface area contributed by atoms with Crippen molar-refractivity contribution in [3.63, 3.8) is 0 Å². The third-order valence-corrected chi connectivity index (χ3v) is 3.82. The van der Waals surface area contributed by atoms with Crippen LogP contribution in [0.15, 0.2) is 24.3 Å². The van der Waals surface area contributed by atoms with Gasteiger partial charge in [0, 0.05) is 12.8 Å². The maximum atomic E-state index is 11.2. The Balaban J connectivity index is 1.64. The average Bonchev–Trinajstić information content (AvgIpc) is 2.46. The van der Waals surface area contributed by atoms with Gasteiger partial charge in [0.15, 0.2) is 0 Å². The molecule has 2 rings (SSSR count). The van der Waals surface area contributed by atoms with Crippen molar-refractivity contribution in [3.8, 4) is 5.75 Å². The second-order valence-electron chi connectivity index (χ2n) is 5.29. The minimum atomic E-state index is 0.438. The molecule has 1 aromatic rings. The van der Waals surface area contributed by atoms with E-state index in [1.165, 1.54) is 5.56 Å². The first-order chi connectivity index (χ1) is 9.28. The Morgan fingerprint density at radius 3 is 2.84 bits per heavy atom. The fourth-order valence-electron chi connectivity index (χ4n) is 2.57.